The van der Waals surface area contributed by atoms with Crippen LogP contribution in [0.2, 0.25) is 0 Å². The van der Waals surface area contributed by atoms with Gasteiger partial charge in [0.05, 0.1) is 12.4 Å². The van der Waals surface area contributed by atoms with Crippen molar-refractivity contribution in [2.75, 3.05) is 6.54 Å². The molecule has 3 aromatic rings. The quantitative estimate of drug-likeness (QED) is 0.652. The van der Waals surface area contributed by atoms with Crippen molar-refractivity contribution in [3.05, 3.63) is 66.1 Å². The van der Waals surface area contributed by atoms with E-state index >= 15 is 0 Å². The number of H-pyrrole nitrogens is 1. The SMILES string of the molecule is O=C(NCCC(O)c1ccccc1)c1cc(-c2ccco2)[nH]n1. The highest BCUT2D eigenvalue weighted by atomic mass is 16.3. The molecule has 0 radical (unpaired) electrons. The first-order valence-corrected chi connectivity index (χ1v) is 7.34. The van der Waals surface area contributed by atoms with Gasteiger partial charge in [0.1, 0.15) is 5.69 Å². The molecule has 1 aromatic carbocycles. The Kier molecular flexibility index (Phi) is 4.54. The number of aliphatic hydroxyl groups is 1. The maximum absolute atomic E-state index is 12.0. The number of aliphatic hydroxyl groups excluding tert-OH is 1. The maximum Gasteiger partial charge on any atom is 0.271 e. The Morgan fingerprint density at radius 2 is 2.09 bits per heavy atom. The van der Waals surface area contributed by atoms with Crippen LogP contribution in [0.15, 0.2) is 59.2 Å². The number of nitrogens with one attached hydrogen (secondary N) is 2. The van der Waals surface area contributed by atoms with Crippen molar-refractivity contribution in [2.45, 2.75) is 12.5 Å². The Morgan fingerprint density at radius 3 is 2.83 bits per heavy atom. The Hall–Kier alpha value is -2.86. The van der Waals surface area contributed by atoms with Crippen molar-refractivity contribution in [1.82, 2.24) is 15.5 Å². The van der Waals surface area contributed by atoms with Crippen LogP contribution in [0.5, 0.6) is 0 Å². The van der Waals surface area contributed by atoms with Gasteiger partial charge in [-0.15, -0.1) is 0 Å². The molecular formula is C17H17N3O3. The molecule has 3 rings (SSSR count). The average Bonchev–Trinajstić information content (AvgIpc) is 3.26. The lowest BCUT2D eigenvalue weighted by molar-refractivity contribution is 0.0937. The summed E-state index contributed by atoms with van der Waals surface area (Å²) in [7, 11) is 0. The van der Waals surface area contributed by atoms with Gasteiger partial charge in [-0.25, -0.2) is 0 Å². The summed E-state index contributed by atoms with van der Waals surface area (Å²) in [6.45, 7) is 0.359. The standard InChI is InChI=1S/C17H17N3O3/c21-15(12-5-2-1-3-6-12)8-9-18-17(22)14-11-13(19-20-14)16-7-4-10-23-16/h1-7,10-11,15,21H,8-9H2,(H,18,22)(H,19,20). The summed E-state index contributed by atoms with van der Waals surface area (Å²) in [5.41, 5.74) is 1.76. The number of nitrogens with zero attached hydrogens (tertiary/aromatic N) is 1. The topological polar surface area (TPSA) is 91.1 Å². The zero-order valence-electron chi connectivity index (χ0n) is 12.4. The largest absolute Gasteiger partial charge is 0.463 e. The van der Waals surface area contributed by atoms with Crippen molar-refractivity contribution in [3.63, 3.8) is 0 Å². The summed E-state index contributed by atoms with van der Waals surface area (Å²) >= 11 is 0. The number of furan rings is 1. The molecule has 0 saturated carbocycles. The zero-order chi connectivity index (χ0) is 16.1. The summed E-state index contributed by atoms with van der Waals surface area (Å²) in [5, 5.41) is 19.5. The Balaban J connectivity index is 1.52. The highest BCUT2D eigenvalue weighted by Crippen LogP contribution is 2.18. The van der Waals surface area contributed by atoms with E-state index in [2.05, 4.69) is 15.5 Å². The molecule has 0 bridgehead atoms. The smallest absolute Gasteiger partial charge is 0.271 e. The van der Waals surface area contributed by atoms with Crippen LogP contribution in [0.25, 0.3) is 11.5 Å². The second kappa shape index (κ2) is 6.93. The van der Waals surface area contributed by atoms with Gasteiger partial charge in [0, 0.05) is 12.6 Å². The number of rotatable bonds is 6. The third kappa shape index (κ3) is 3.67. The third-order valence-corrected chi connectivity index (χ3v) is 3.48. The summed E-state index contributed by atoms with van der Waals surface area (Å²) in [5.74, 6) is 0.329. The number of amides is 1. The minimum absolute atomic E-state index is 0.283. The van der Waals surface area contributed by atoms with Crippen LogP contribution in [0, 0.1) is 0 Å². The first kappa shape index (κ1) is 15.1. The summed E-state index contributed by atoms with van der Waals surface area (Å²) < 4.78 is 5.24. The van der Waals surface area contributed by atoms with Gasteiger partial charge < -0.3 is 14.8 Å². The Bertz CT molecular complexity index is 751. The highest BCUT2D eigenvalue weighted by molar-refractivity contribution is 5.93. The molecule has 0 aliphatic carbocycles. The summed E-state index contributed by atoms with van der Waals surface area (Å²) in [4.78, 5) is 12.0. The molecule has 1 amide bonds. The minimum atomic E-state index is -0.602. The molecule has 3 N–H and O–H groups in total. The lowest BCUT2D eigenvalue weighted by Crippen LogP contribution is -2.26. The predicted molar refractivity (Wildman–Crippen MR) is 84.6 cm³/mol. The molecule has 118 valence electrons. The molecule has 0 aliphatic heterocycles. The first-order valence-electron chi connectivity index (χ1n) is 7.34. The molecule has 23 heavy (non-hydrogen) atoms. The second-order valence-corrected chi connectivity index (χ2v) is 5.12. The van der Waals surface area contributed by atoms with Gasteiger partial charge in [0.15, 0.2) is 11.5 Å². The van der Waals surface area contributed by atoms with E-state index < -0.39 is 6.10 Å². The molecule has 0 fully saturated rings. The van der Waals surface area contributed by atoms with E-state index in [0.717, 1.165) is 5.56 Å². The third-order valence-electron chi connectivity index (χ3n) is 3.48. The van der Waals surface area contributed by atoms with Crippen molar-refractivity contribution in [2.24, 2.45) is 0 Å². The number of hydrogen-bond donors (Lipinski definition) is 3. The average molecular weight is 311 g/mol. The van der Waals surface area contributed by atoms with Crippen LogP contribution in [0.1, 0.15) is 28.6 Å². The summed E-state index contributed by atoms with van der Waals surface area (Å²) in [6, 6.07) is 14.5. The fraction of sp³-hybridized carbons (Fsp3) is 0.176. The van der Waals surface area contributed by atoms with Gasteiger partial charge in [-0.1, -0.05) is 30.3 Å². The van der Waals surface area contributed by atoms with Crippen LogP contribution >= 0.6 is 0 Å². The molecule has 6 nitrogen and oxygen atoms in total. The Morgan fingerprint density at radius 1 is 1.26 bits per heavy atom. The van der Waals surface area contributed by atoms with E-state index in [9.17, 15) is 9.90 Å². The fourth-order valence-corrected chi connectivity index (χ4v) is 2.25. The molecule has 0 saturated heterocycles. The molecule has 1 unspecified atom stereocenters. The number of hydrogen-bond acceptors (Lipinski definition) is 4. The number of benzene rings is 1. The van der Waals surface area contributed by atoms with E-state index in [1.807, 2.05) is 30.3 Å². The van der Waals surface area contributed by atoms with Crippen LogP contribution in [-0.4, -0.2) is 27.8 Å². The second-order valence-electron chi connectivity index (χ2n) is 5.12. The molecule has 0 aliphatic rings. The normalized spacial score (nSPS) is 12.0. The van der Waals surface area contributed by atoms with E-state index in [4.69, 9.17) is 4.42 Å². The highest BCUT2D eigenvalue weighted by Gasteiger charge is 2.13. The zero-order valence-corrected chi connectivity index (χ0v) is 12.4. The van der Waals surface area contributed by atoms with E-state index in [0.29, 0.717) is 24.4 Å². The van der Waals surface area contributed by atoms with Gasteiger partial charge in [-0.05, 0) is 24.1 Å². The number of carbonyl (C=O) groups is 1. The fourth-order valence-electron chi connectivity index (χ4n) is 2.25. The monoisotopic (exact) mass is 311 g/mol. The first-order chi connectivity index (χ1) is 11.2. The lowest BCUT2D eigenvalue weighted by Gasteiger charge is -2.10. The van der Waals surface area contributed by atoms with Crippen molar-refractivity contribution < 1.29 is 14.3 Å². The number of carbonyl (C=O) groups excluding carboxylic acids is 1. The van der Waals surface area contributed by atoms with E-state index in [1.165, 1.54) is 0 Å². The van der Waals surface area contributed by atoms with Crippen molar-refractivity contribution in [1.29, 1.82) is 0 Å². The lowest BCUT2D eigenvalue weighted by atomic mass is 10.1. The number of aromatic amines is 1. The van der Waals surface area contributed by atoms with Gasteiger partial charge in [-0.2, -0.15) is 5.10 Å². The molecule has 6 heteroatoms. The number of aromatic nitrogens is 2. The maximum atomic E-state index is 12.0. The summed E-state index contributed by atoms with van der Waals surface area (Å²) in [6.07, 6.45) is 1.39. The molecule has 2 heterocycles. The van der Waals surface area contributed by atoms with Gasteiger partial charge in [-0.3, -0.25) is 9.89 Å². The van der Waals surface area contributed by atoms with Gasteiger partial charge >= 0.3 is 0 Å². The van der Waals surface area contributed by atoms with Gasteiger partial charge in [0.2, 0.25) is 0 Å². The van der Waals surface area contributed by atoms with Crippen LogP contribution in [0.3, 0.4) is 0 Å². The molecule has 1 atom stereocenters. The van der Waals surface area contributed by atoms with E-state index in [1.54, 1.807) is 24.5 Å². The Labute approximate surface area is 133 Å². The van der Waals surface area contributed by atoms with Crippen LogP contribution < -0.4 is 5.32 Å². The van der Waals surface area contributed by atoms with Crippen molar-refractivity contribution >= 4 is 5.91 Å². The van der Waals surface area contributed by atoms with Crippen molar-refractivity contribution in [3.8, 4) is 11.5 Å². The minimum Gasteiger partial charge on any atom is -0.463 e. The molecular weight excluding hydrogens is 294 g/mol. The molecule has 2 aromatic heterocycles. The van der Waals surface area contributed by atoms with Gasteiger partial charge in [0.25, 0.3) is 5.91 Å². The predicted octanol–water partition coefficient (Wildman–Crippen LogP) is 2.52. The van der Waals surface area contributed by atoms with E-state index in [-0.39, 0.29) is 11.6 Å². The van der Waals surface area contributed by atoms with Crippen LogP contribution in [0.4, 0.5) is 0 Å². The molecule has 0 spiro atoms. The van der Waals surface area contributed by atoms with Crippen LogP contribution in [-0.2, 0) is 0 Å².